The van der Waals surface area contributed by atoms with Gasteiger partial charge in [-0.15, -0.1) is 5.10 Å². The molecule has 0 unspecified atom stereocenters. The highest BCUT2D eigenvalue weighted by Gasteiger charge is 2.05. The molecular formula is C9H13N5O2. The van der Waals surface area contributed by atoms with Crippen LogP contribution in [0.3, 0.4) is 0 Å². The molecule has 0 bridgehead atoms. The van der Waals surface area contributed by atoms with Crippen molar-refractivity contribution in [2.24, 2.45) is 0 Å². The molecule has 0 aliphatic heterocycles. The largest absolute Gasteiger partial charge is 0.396 e. The zero-order valence-corrected chi connectivity index (χ0v) is 9.00. The maximum Gasteiger partial charge on any atom is 0.223 e. The maximum atomic E-state index is 8.68. The number of nitrogens with zero attached hydrogens (tertiary/aromatic N) is 5. The molecule has 0 aliphatic rings. The maximum absolute atomic E-state index is 8.68. The summed E-state index contributed by atoms with van der Waals surface area (Å²) in [7, 11) is 0. The molecule has 86 valence electrons. The summed E-state index contributed by atoms with van der Waals surface area (Å²) < 4.78 is 6.50. The van der Waals surface area contributed by atoms with Crippen LogP contribution >= 0.6 is 0 Å². The van der Waals surface area contributed by atoms with Gasteiger partial charge in [0.05, 0.1) is 5.69 Å². The molecule has 2 rings (SSSR count). The number of aliphatic hydroxyl groups is 1. The lowest BCUT2D eigenvalue weighted by molar-refractivity contribution is 0.288. The number of hydrogen-bond donors (Lipinski definition) is 1. The van der Waals surface area contributed by atoms with E-state index in [2.05, 4.69) is 20.5 Å². The first-order chi connectivity index (χ1) is 7.78. The van der Waals surface area contributed by atoms with Gasteiger partial charge in [0.2, 0.25) is 5.89 Å². The summed E-state index contributed by atoms with van der Waals surface area (Å²) in [5.41, 5.74) is 0.856. The fraction of sp³-hybridized carbons (Fsp3) is 0.556. The average Bonchev–Trinajstić information content (AvgIpc) is 2.86. The minimum Gasteiger partial charge on any atom is -0.396 e. The van der Waals surface area contributed by atoms with Crippen LogP contribution in [0.1, 0.15) is 23.8 Å². The molecule has 0 aliphatic carbocycles. The molecule has 2 aromatic heterocycles. The van der Waals surface area contributed by atoms with E-state index < -0.39 is 0 Å². The number of aryl methyl sites for hydroxylation is 2. The minimum absolute atomic E-state index is 0.164. The molecule has 0 spiro atoms. The Balaban J connectivity index is 1.97. The van der Waals surface area contributed by atoms with E-state index in [4.69, 9.17) is 9.63 Å². The fourth-order valence-corrected chi connectivity index (χ4v) is 1.34. The predicted molar refractivity (Wildman–Crippen MR) is 53.6 cm³/mol. The molecule has 0 saturated carbocycles. The minimum atomic E-state index is 0.164. The van der Waals surface area contributed by atoms with Gasteiger partial charge in [-0.1, -0.05) is 10.4 Å². The van der Waals surface area contributed by atoms with Gasteiger partial charge in [-0.3, -0.25) is 0 Å². The van der Waals surface area contributed by atoms with E-state index in [9.17, 15) is 0 Å². The molecule has 2 heterocycles. The molecule has 0 fully saturated rings. The Kier molecular flexibility index (Phi) is 3.25. The zero-order chi connectivity index (χ0) is 11.4. The quantitative estimate of drug-likeness (QED) is 0.763. The second-order valence-electron chi connectivity index (χ2n) is 3.46. The predicted octanol–water partition coefficient (Wildman–Crippen LogP) is -0.0573. The highest BCUT2D eigenvalue weighted by atomic mass is 16.5. The van der Waals surface area contributed by atoms with Crippen LogP contribution < -0.4 is 0 Å². The highest BCUT2D eigenvalue weighted by molar-refractivity contribution is 4.94. The summed E-state index contributed by atoms with van der Waals surface area (Å²) in [5, 5.41) is 20.4. The number of hydrogen-bond acceptors (Lipinski definition) is 6. The van der Waals surface area contributed by atoms with E-state index in [-0.39, 0.29) is 6.61 Å². The molecule has 1 N–H and O–H groups in total. The second-order valence-corrected chi connectivity index (χ2v) is 3.46. The van der Waals surface area contributed by atoms with Gasteiger partial charge in [0.25, 0.3) is 0 Å². The van der Waals surface area contributed by atoms with Crippen LogP contribution in [-0.2, 0) is 13.0 Å². The van der Waals surface area contributed by atoms with Crippen molar-refractivity contribution in [1.29, 1.82) is 0 Å². The van der Waals surface area contributed by atoms with Crippen molar-refractivity contribution in [3.8, 4) is 0 Å². The van der Waals surface area contributed by atoms with E-state index in [0.717, 1.165) is 12.1 Å². The zero-order valence-electron chi connectivity index (χ0n) is 9.00. The van der Waals surface area contributed by atoms with Crippen molar-refractivity contribution < 1.29 is 9.63 Å². The summed E-state index contributed by atoms with van der Waals surface area (Å²) >= 11 is 0. The van der Waals surface area contributed by atoms with Crippen molar-refractivity contribution in [3.63, 3.8) is 0 Å². The standard InChI is InChI=1S/C9H13N5O2/c1-7-10-9(12-16-7)6-14-5-8(11-13-14)3-2-4-15/h5,15H,2-4,6H2,1H3. The Labute approximate surface area is 92.1 Å². The smallest absolute Gasteiger partial charge is 0.223 e. The second kappa shape index (κ2) is 4.84. The first kappa shape index (κ1) is 10.7. The van der Waals surface area contributed by atoms with Crippen LogP contribution in [0.5, 0.6) is 0 Å². The number of aromatic nitrogens is 5. The van der Waals surface area contributed by atoms with E-state index in [1.54, 1.807) is 11.6 Å². The van der Waals surface area contributed by atoms with Crippen LogP contribution in [0.15, 0.2) is 10.7 Å². The SMILES string of the molecule is Cc1nc(Cn2cc(CCCO)nn2)no1. The third kappa shape index (κ3) is 2.63. The Hall–Kier alpha value is -1.76. The van der Waals surface area contributed by atoms with Crippen molar-refractivity contribution >= 4 is 0 Å². The van der Waals surface area contributed by atoms with Crippen LogP contribution in [0.4, 0.5) is 0 Å². The molecule has 0 amide bonds. The van der Waals surface area contributed by atoms with Crippen LogP contribution in [0, 0.1) is 6.92 Å². The van der Waals surface area contributed by atoms with E-state index in [1.165, 1.54) is 0 Å². The molecule has 0 radical (unpaired) electrons. The summed E-state index contributed by atoms with van der Waals surface area (Å²) in [6.07, 6.45) is 3.24. The number of aliphatic hydroxyl groups excluding tert-OH is 1. The average molecular weight is 223 g/mol. The summed E-state index contributed by atoms with van der Waals surface area (Å²) in [6.45, 7) is 2.35. The van der Waals surface area contributed by atoms with Gasteiger partial charge in [-0.05, 0) is 12.8 Å². The molecule has 0 atom stereocenters. The van der Waals surface area contributed by atoms with Gasteiger partial charge in [0.15, 0.2) is 5.82 Å². The van der Waals surface area contributed by atoms with Crippen molar-refractivity contribution in [2.75, 3.05) is 6.61 Å². The van der Waals surface area contributed by atoms with Crippen molar-refractivity contribution in [1.82, 2.24) is 25.1 Å². The highest BCUT2D eigenvalue weighted by Crippen LogP contribution is 2.01. The molecule has 2 aromatic rings. The first-order valence-electron chi connectivity index (χ1n) is 5.07. The van der Waals surface area contributed by atoms with E-state index in [1.807, 2.05) is 6.20 Å². The molecule has 0 saturated heterocycles. The summed E-state index contributed by atoms with van der Waals surface area (Å²) in [4.78, 5) is 4.07. The van der Waals surface area contributed by atoms with Gasteiger partial charge < -0.3 is 9.63 Å². The summed E-state index contributed by atoms with van der Waals surface area (Å²) in [6, 6.07) is 0. The molecule has 16 heavy (non-hydrogen) atoms. The normalized spacial score (nSPS) is 10.9. The lowest BCUT2D eigenvalue weighted by atomic mass is 10.3. The molecular weight excluding hydrogens is 210 g/mol. The van der Waals surface area contributed by atoms with E-state index in [0.29, 0.717) is 24.7 Å². The van der Waals surface area contributed by atoms with Gasteiger partial charge in [-0.2, -0.15) is 4.98 Å². The lowest BCUT2D eigenvalue weighted by Gasteiger charge is -1.92. The Morgan fingerprint density at radius 1 is 1.50 bits per heavy atom. The van der Waals surface area contributed by atoms with Crippen LogP contribution in [0.2, 0.25) is 0 Å². The third-order valence-electron chi connectivity index (χ3n) is 2.05. The van der Waals surface area contributed by atoms with E-state index >= 15 is 0 Å². The van der Waals surface area contributed by atoms with Crippen LogP contribution in [-0.4, -0.2) is 36.8 Å². The van der Waals surface area contributed by atoms with Gasteiger partial charge in [0, 0.05) is 19.7 Å². The van der Waals surface area contributed by atoms with Gasteiger partial charge in [-0.25, -0.2) is 4.68 Å². The first-order valence-corrected chi connectivity index (χ1v) is 5.07. The number of rotatable bonds is 5. The molecule has 7 heteroatoms. The molecule has 0 aromatic carbocycles. The van der Waals surface area contributed by atoms with Gasteiger partial charge >= 0.3 is 0 Å². The fourth-order valence-electron chi connectivity index (χ4n) is 1.34. The lowest BCUT2D eigenvalue weighted by Crippen LogP contribution is -2.02. The van der Waals surface area contributed by atoms with Crippen LogP contribution in [0.25, 0.3) is 0 Å². The van der Waals surface area contributed by atoms with Crippen molar-refractivity contribution in [3.05, 3.63) is 23.6 Å². The Morgan fingerprint density at radius 2 is 2.38 bits per heavy atom. The van der Waals surface area contributed by atoms with Crippen molar-refractivity contribution in [2.45, 2.75) is 26.3 Å². The van der Waals surface area contributed by atoms with Gasteiger partial charge in [0.1, 0.15) is 6.54 Å². The Morgan fingerprint density at radius 3 is 3.06 bits per heavy atom. The monoisotopic (exact) mass is 223 g/mol. The third-order valence-corrected chi connectivity index (χ3v) is 2.05. The Bertz CT molecular complexity index is 450. The topological polar surface area (TPSA) is 89.9 Å². The summed E-state index contributed by atoms with van der Waals surface area (Å²) in [5.74, 6) is 1.12. The molecule has 7 nitrogen and oxygen atoms in total.